The maximum absolute atomic E-state index is 13.6. The normalized spacial score (nSPS) is 20.2. The van der Waals surface area contributed by atoms with Gasteiger partial charge in [-0.05, 0) is 52.9 Å². The average Bonchev–Trinajstić information content (AvgIpc) is 3.61. The highest BCUT2D eigenvalue weighted by Gasteiger charge is 2.33. The number of aromatic nitrogens is 5. The van der Waals surface area contributed by atoms with Gasteiger partial charge in [-0.25, -0.2) is 4.68 Å². The fourth-order valence-electron chi connectivity index (χ4n) is 5.72. The second-order valence-corrected chi connectivity index (χ2v) is 9.88. The van der Waals surface area contributed by atoms with E-state index in [0.717, 1.165) is 37.8 Å². The van der Waals surface area contributed by atoms with Crippen LogP contribution in [0.2, 0.25) is 0 Å². The molecule has 0 aliphatic carbocycles. The average molecular weight is 501 g/mol. The van der Waals surface area contributed by atoms with Gasteiger partial charge in [-0.1, -0.05) is 24.3 Å². The quantitative estimate of drug-likeness (QED) is 0.446. The predicted octanol–water partition coefficient (Wildman–Crippen LogP) is 2.61. The molecule has 0 spiro atoms. The Hall–Kier alpha value is -3.76. The summed E-state index contributed by atoms with van der Waals surface area (Å²) in [5.41, 5.74) is 3.74. The Labute approximate surface area is 213 Å². The molecule has 0 radical (unpaired) electrons. The SMILES string of the molecule is O=c1[nH]c2cc3c(cc2cc1[C@@H](c1nnnn1C[C@@H]1CCCO1)N1CCc2ccccc2C1)OCCO3. The zero-order chi connectivity index (χ0) is 24.8. The van der Waals surface area contributed by atoms with Crippen molar-refractivity contribution in [3.63, 3.8) is 0 Å². The molecule has 10 nitrogen and oxygen atoms in total. The van der Waals surface area contributed by atoms with Gasteiger partial charge in [0, 0.05) is 36.7 Å². The molecule has 10 heteroatoms. The molecular formula is C27H28N6O4. The summed E-state index contributed by atoms with van der Waals surface area (Å²) in [5, 5.41) is 13.7. The molecule has 2 aromatic heterocycles. The molecule has 3 aliphatic rings. The molecule has 0 saturated carbocycles. The minimum atomic E-state index is -0.425. The Bertz CT molecular complexity index is 1510. The minimum Gasteiger partial charge on any atom is -0.486 e. The number of benzene rings is 2. The number of aromatic amines is 1. The molecule has 1 fully saturated rings. The number of rotatable bonds is 5. The van der Waals surface area contributed by atoms with Gasteiger partial charge in [-0.15, -0.1) is 5.10 Å². The summed E-state index contributed by atoms with van der Waals surface area (Å²) in [5.74, 6) is 1.98. The summed E-state index contributed by atoms with van der Waals surface area (Å²) in [6.45, 7) is 3.80. The van der Waals surface area contributed by atoms with Gasteiger partial charge < -0.3 is 19.2 Å². The minimum absolute atomic E-state index is 0.0727. The monoisotopic (exact) mass is 500 g/mol. The van der Waals surface area contributed by atoms with Crippen LogP contribution in [0, 0.1) is 0 Å². The molecule has 0 unspecified atom stereocenters. The van der Waals surface area contributed by atoms with Crippen LogP contribution >= 0.6 is 0 Å². The van der Waals surface area contributed by atoms with Crippen LogP contribution in [0.15, 0.2) is 47.3 Å². The van der Waals surface area contributed by atoms with Crippen molar-refractivity contribution in [2.45, 2.75) is 44.5 Å². The maximum atomic E-state index is 13.6. The molecule has 0 amide bonds. The second-order valence-electron chi connectivity index (χ2n) is 9.88. The van der Waals surface area contributed by atoms with E-state index in [1.54, 1.807) is 0 Å². The predicted molar refractivity (Wildman–Crippen MR) is 135 cm³/mol. The van der Waals surface area contributed by atoms with Gasteiger partial charge in [0.1, 0.15) is 19.3 Å². The number of tetrazole rings is 1. The van der Waals surface area contributed by atoms with Crippen molar-refractivity contribution in [1.29, 1.82) is 0 Å². The van der Waals surface area contributed by atoms with Crippen LogP contribution in [0.25, 0.3) is 10.9 Å². The van der Waals surface area contributed by atoms with Crippen LogP contribution in [0.4, 0.5) is 0 Å². The summed E-state index contributed by atoms with van der Waals surface area (Å²) >= 11 is 0. The molecular weight excluding hydrogens is 472 g/mol. The first-order valence-corrected chi connectivity index (χ1v) is 12.9. The number of H-pyrrole nitrogens is 1. The lowest BCUT2D eigenvalue weighted by molar-refractivity contribution is 0.0904. The van der Waals surface area contributed by atoms with Crippen LogP contribution in [0.5, 0.6) is 11.5 Å². The number of ether oxygens (including phenoxy) is 3. The standard InChI is InChI=1S/C27H28N6O4/c34-27-21(12-19-13-23-24(14-22(19)28-27)37-11-10-36-23)25(32-8-7-17-4-1-2-5-18(17)15-32)26-29-30-31-33(26)16-20-6-3-9-35-20/h1-2,4-5,12-14,20,25H,3,6-11,15-16H2,(H,28,34)/t20-,25-/m0/s1. The van der Waals surface area contributed by atoms with Crippen LogP contribution < -0.4 is 15.0 Å². The van der Waals surface area contributed by atoms with Gasteiger partial charge in [-0.2, -0.15) is 0 Å². The lowest BCUT2D eigenvalue weighted by Crippen LogP contribution is -2.39. The van der Waals surface area contributed by atoms with E-state index in [1.165, 1.54) is 11.1 Å². The van der Waals surface area contributed by atoms with Crippen molar-refractivity contribution < 1.29 is 14.2 Å². The van der Waals surface area contributed by atoms with E-state index >= 15 is 0 Å². The first kappa shape index (κ1) is 22.4. The Morgan fingerprint density at radius 1 is 1.05 bits per heavy atom. The zero-order valence-electron chi connectivity index (χ0n) is 20.4. The third-order valence-corrected chi connectivity index (χ3v) is 7.56. The van der Waals surface area contributed by atoms with Crippen molar-refractivity contribution in [2.24, 2.45) is 0 Å². The third kappa shape index (κ3) is 4.15. The summed E-state index contributed by atoms with van der Waals surface area (Å²) in [6, 6.07) is 13.8. The van der Waals surface area contributed by atoms with Crippen LogP contribution in [-0.4, -0.2) is 62.6 Å². The fourth-order valence-corrected chi connectivity index (χ4v) is 5.72. The molecule has 2 aromatic carbocycles. The smallest absolute Gasteiger partial charge is 0.253 e. The van der Waals surface area contributed by atoms with Crippen LogP contribution in [0.1, 0.15) is 41.4 Å². The van der Waals surface area contributed by atoms with Crippen molar-refractivity contribution in [2.75, 3.05) is 26.4 Å². The van der Waals surface area contributed by atoms with E-state index in [1.807, 2.05) is 22.9 Å². The van der Waals surface area contributed by atoms with Crippen molar-refractivity contribution >= 4 is 10.9 Å². The molecule has 5 heterocycles. The van der Waals surface area contributed by atoms with Gasteiger partial charge in [-0.3, -0.25) is 9.69 Å². The van der Waals surface area contributed by atoms with Gasteiger partial charge in [0.25, 0.3) is 5.56 Å². The topological polar surface area (TPSA) is 107 Å². The highest BCUT2D eigenvalue weighted by molar-refractivity contribution is 5.83. The molecule has 190 valence electrons. The van der Waals surface area contributed by atoms with Crippen molar-refractivity contribution in [3.05, 3.63) is 75.3 Å². The van der Waals surface area contributed by atoms with Gasteiger partial charge in [0.15, 0.2) is 17.3 Å². The third-order valence-electron chi connectivity index (χ3n) is 7.56. The summed E-state index contributed by atoms with van der Waals surface area (Å²) in [7, 11) is 0. The molecule has 1 saturated heterocycles. The summed E-state index contributed by atoms with van der Waals surface area (Å²) in [6.07, 6.45) is 2.98. The second kappa shape index (κ2) is 9.28. The lowest BCUT2D eigenvalue weighted by Gasteiger charge is -2.35. The summed E-state index contributed by atoms with van der Waals surface area (Å²) < 4.78 is 19.2. The van der Waals surface area contributed by atoms with E-state index in [-0.39, 0.29) is 11.7 Å². The molecule has 2 atom stereocenters. The molecule has 1 N–H and O–H groups in total. The van der Waals surface area contributed by atoms with Crippen LogP contribution in [-0.2, 0) is 24.2 Å². The number of nitrogens with zero attached hydrogens (tertiary/aromatic N) is 5. The van der Waals surface area contributed by atoms with E-state index in [0.29, 0.717) is 54.7 Å². The van der Waals surface area contributed by atoms with Crippen molar-refractivity contribution in [1.82, 2.24) is 30.1 Å². The fraction of sp³-hybridized carbons (Fsp3) is 0.407. The Morgan fingerprint density at radius 3 is 2.73 bits per heavy atom. The van der Waals surface area contributed by atoms with E-state index in [2.05, 4.69) is 49.7 Å². The van der Waals surface area contributed by atoms with Crippen LogP contribution in [0.3, 0.4) is 0 Å². The highest BCUT2D eigenvalue weighted by atomic mass is 16.6. The zero-order valence-corrected chi connectivity index (χ0v) is 20.4. The number of hydrogen-bond acceptors (Lipinski definition) is 8. The first-order valence-electron chi connectivity index (χ1n) is 12.9. The molecule has 0 bridgehead atoms. The van der Waals surface area contributed by atoms with Crippen molar-refractivity contribution in [3.8, 4) is 11.5 Å². The Kier molecular flexibility index (Phi) is 5.63. The van der Waals surface area contributed by atoms with E-state index < -0.39 is 6.04 Å². The van der Waals surface area contributed by atoms with Gasteiger partial charge in [0.2, 0.25) is 0 Å². The van der Waals surface area contributed by atoms with E-state index in [4.69, 9.17) is 14.2 Å². The van der Waals surface area contributed by atoms with E-state index in [9.17, 15) is 4.79 Å². The Balaban J connectivity index is 1.34. The van der Waals surface area contributed by atoms with Gasteiger partial charge in [0.05, 0.1) is 18.2 Å². The largest absolute Gasteiger partial charge is 0.486 e. The lowest BCUT2D eigenvalue weighted by atomic mass is 9.96. The Morgan fingerprint density at radius 2 is 1.89 bits per heavy atom. The molecule has 7 rings (SSSR count). The van der Waals surface area contributed by atoms with Gasteiger partial charge >= 0.3 is 0 Å². The number of nitrogens with one attached hydrogen (secondary N) is 1. The maximum Gasteiger partial charge on any atom is 0.253 e. The molecule has 37 heavy (non-hydrogen) atoms. The number of pyridine rings is 1. The molecule has 3 aliphatic heterocycles. The summed E-state index contributed by atoms with van der Waals surface area (Å²) in [4.78, 5) is 19.0. The molecule has 4 aromatic rings. The number of hydrogen-bond donors (Lipinski definition) is 1. The number of fused-ring (bicyclic) bond motifs is 3. The highest BCUT2D eigenvalue weighted by Crippen LogP contribution is 2.36. The first-order chi connectivity index (χ1) is 18.2.